The number of hydrogen-bond acceptors (Lipinski definition) is 17. The molecule has 18 rings (SSSR count). The molecule has 20 nitrogen and oxygen atoms in total. The number of carbonyl (C=O) groups excluding carboxylic acids is 5. The van der Waals surface area contributed by atoms with Crippen molar-refractivity contribution < 1.29 is 71.4 Å². The lowest BCUT2D eigenvalue weighted by Gasteiger charge is -2.26. The van der Waals surface area contributed by atoms with Gasteiger partial charge in [-0.2, -0.15) is 15.8 Å². The Hall–Kier alpha value is -6.96. The highest BCUT2D eigenvalue weighted by Gasteiger charge is 2.55. The standard InChI is InChI=1S/3C21H26FN3O2.C14H15FO2.C10H14O3.4CH4.2ClH/c3*22-17-5-3-16(4-6-17)21(27)10-14-8-18(9-15(14)11-21)24-13-20(26)25-7-1-2-19(25)12-23;15-12-3-1-11(2-4-12)14(17)7-9-5-13(16)6-10(9)8-14;11-9-3-7-5-10(6-8(7)4-9)12-1-2-13-10;;;;;;/h3*3-6,14-15,18-19,24,27H,1-2,7-11,13H2;1-4,9-10,17H,5-8H2;7-8H,1-6H2;4*1H4;2*1H/t3*14-,15+,18?,19-,21?;9-,10+,14?;7-,8+;;;;;;/m000......../s1. The number of rotatable bonds is 13. The van der Waals surface area contributed by atoms with Gasteiger partial charge in [-0.1, -0.05) is 78.2 Å². The minimum Gasteiger partial charge on any atom is -0.385 e. The highest BCUT2D eigenvalue weighted by Crippen LogP contribution is 2.57. The number of carbonyl (C=O) groups is 5. The molecule has 4 aromatic rings. The summed E-state index contributed by atoms with van der Waals surface area (Å²) in [5.41, 5.74) is -0.263. The molecule has 117 heavy (non-hydrogen) atoms. The first kappa shape index (κ1) is 95.5. The number of aliphatic hydroxyl groups is 4. The Labute approximate surface area is 701 Å². The van der Waals surface area contributed by atoms with Crippen LogP contribution in [0, 0.1) is 116 Å². The van der Waals surface area contributed by atoms with Crippen molar-refractivity contribution in [1.29, 1.82) is 15.8 Å². The molecule has 7 N–H and O–H groups in total. The Bertz CT molecular complexity index is 3750. The molecular weight excluding hydrogens is 1540 g/mol. The molecule has 1 spiro atoms. The molecule has 10 saturated carbocycles. The molecule has 0 radical (unpaired) electrons. The van der Waals surface area contributed by atoms with Gasteiger partial charge in [0.1, 0.15) is 53.0 Å². The number of ether oxygens (including phenoxy) is 2. The zero-order valence-electron chi connectivity index (χ0n) is 64.2. The van der Waals surface area contributed by atoms with Gasteiger partial charge in [-0.25, -0.2) is 17.6 Å². The van der Waals surface area contributed by atoms with Crippen molar-refractivity contribution in [2.24, 2.45) is 59.2 Å². The Morgan fingerprint density at radius 3 is 0.812 bits per heavy atom. The summed E-state index contributed by atoms with van der Waals surface area (Å²) in [4.78, 5) is 64.7. The van der Waals surface area contributed by atoms with Crippen LogP contribution in [0.1, 0.15) is 219 Å². The number of hydrogen-bond donors (Lipinski definition) is 7. The van der Waals surface area contributed by atoms with Crippen LogP contribution in [0.15, 0.2) is 97.1 Å². The molecule has 642 valence electrons. The minimum atomic E-state index is -0.862. The maximum Gasteiger partial charge on any atom is 0.237 e. The summed E-state index contributed by atoms with van der Waals surface area (Å²) in [6, 6.07) is 31.3. The second kappa shape index (κ2) is 40.6. The number of nitrogens with one attached hydrogen (secondary N) is 3. The number of fused-ring (bicyclic) bond motifs is 5. The van der Waals surface area contributed by atoms with Gasteiger partial charge < -0.3 is 60.5 Å². The van der Waals surface area contributed by atoms with Gasteiger partial charge in [0.05, 0.1) is 73.5 Å². The molecule has 0 bridgehead atoms. The van der Waals surface area contributed by atoms with E-state index >= 15 is 0 Å². The first-order chi connectivity index (χ1) is 53.3. The number of nitriles is 3. The molecule has 26 heteroatoms. The lowest BCUT2D eigenvalue weighted by atomic mass is 9.89. The molecule has 4 aliphatic heterocycles. The van der Waals surface area contributed by atoms with Gasteiger partial charge in [-0.05, 0) is 258 Å². The third kappa shape index (κ3) is 21.9. The summed E-state index contributed by atoms with van der Waals surface area (Å²) in [7, 11) is 0. The fourth-order valence-electron chi connectivity index (χ4n) is 22.6. The van der Waals surface area contributed by atoms with Gasteiger partial charge in [0.25, 0.3) is 0 Å². The van der Waals surface area contributed by atoms with Crippen LogP contribution in [0.2, 0.25) is 0 Å². The molecule has 7 unspecified atom stereocenters. The number of likely N-dealkylation sites (tertiary alicyclic amines) is 3. The number of benzene rings is 4. The van der Waals surface area contributed by atoms with E-state index in [1.807, 2.05) is 0 Å². The molecule has 14 aliphatic rings. The van der Waals surface area contributed by atoms with Crippen LogP contribution >= 0.6 is 24.8 Å². The highest BCUT2D eigenvalue weighted by atomic mass is 35.5. The van der Waals surface area contributed by atoms with Crippen LogP contribution in [-0.2, 0) is 55.9 Å². The number of nitrogens with zero attached hydrogens (tertiary/aromatic N) is 6. The predicted molar refractivity (Wildman–Crippen MR) is 441 cm³/mol. The van der Waals surface area contributed by atoms with Crippen molar-refractivity contribution in [3.8, 4) is 18.2 Å². The zero-order chi connectivity index (χ0) is 78.0. The van der Waals surface area contributed by atoms with Crippen molar-refractivity contribution in [2.45, 2.75) is 261 Å². The van der Waals surface area contributed by atoms with Gasteiger partial charge in [0.15, 0.2) is 5.79 Å². The quantitative estimate of drug-likeness (QED) is 0.0612. The number of halogens is 6. The maximum absolute atomic E-state index is 13.2. The molecule has 3 amide bonds. The third-order valence-corrected chi connectivity index (χ3v) is 27.9. The minimum absolute atomic E-state index is 0. The lowest BCUT2D eigenvalue weighted by molar-refractivity contribution is -0.156. The van der Waals surface area contributed by atoms with Gasteiger partial charge in [-0.15, -0.1) is 24.8 Å². The van der Waals surface area contributed by atoms with E-state index in [1.165, 1.54) is 48.5 Å². The summed E-state index contributed by atoms with van der Waals surface area (Å²) in [6.45, 7) is 4.35. The van der Waals surface area contributed by atoms with Gasteiger partial charge in [0.2, 0.25) is 17.7 Å². The van der Waals surface area contributed by atoms with Crippen LogP contribution in [0.3, 0.4) is 0 Å². The number of Topliss-reactive ketones (excluding diaryl/α,β-unsaturated/α-hetero) is 2. The number of amides is 3. The topological polar surface area (TPSA) is 302 Å². The van der Waals surface area contributed by atoms with Gasteiger partial charge in [0, 0.05) is 76.3 Å². The van der Waals surface area contributed by atoms with E-state index in [2.05, 4.69) is 34.2 Å². The Balaban J connectivity index is 0.000000184. The average Bonchev–Trinajstić information content (AvgIpc) is 1.64. The van der Waals surface area contributed by atoms with Crippen molar-refractivity contribution in [3.63, 3.8) is 0 Å². The van der Waals surface area contributed by atoms with E-state index in [1.54, 1.807) is 63.2 Å². The summed E-state index contributed by atoms with van der Waals surface area (Å²) in [6.07, 6.45) is 20.8. The summed E-state index contributed by atoms with van der Waals surface area (Å²) in [5.74, 6) is 3.63. The lowest BCUT2D eigenvalue weighted by Crippen LogP contribution is -2.43. The van der Waals surface area contributed by atoms with E-state index in [4.69, 9.17) is 25.3 Å². The largest absolute Gasteiger partial charge is 0.385 e. The Morgan fingerprint density at radius 2 is 0.590 bits per heavy atom. The van der Waals surface area contributed by atoms with Crippen LogP contribution in [0.5, 0.6) is 0 Å². The second-order valence-corrected chi connectivity index (χ2v) is 35.1. The average molecular weight is 1670 g/mol. The van der Waals surface area contributed by atoms with E-state index < -0.39 is 22.4 Å². The molecule has 4 saturated heterocycles. The molecule has 14 fully saturated rings. The predicted octanol–water partition coefficient (Wildman–Crippen LogP) is 13.8. The molecule has 20 atom stereocenters. The van der Waals surface area contributed by atoms with Crippen LogP contribution in [0.4, 0.5) is 17.6 Å². The first-order valence-corrected chi connectivity index (χ1v) is 40.8. The van der Waals surface area contributed by atoms with Crippen LogP contribution in [0.25, 0.3) is 0 Å². The number of ketones is 2. The molecule has 4 heterocycles. The Morgan fingerprint density at radius 1 is 0.376 bits per heavy atom. The van der Waals surface area contributed by atoms with Crippen molar-refractivity contribution >= 4 is 54.1 Å². The molecule has 0 aromatic heterocycles. The summed E-state index contributed by atoms with van der Waals surface area (Å²) < 4.78 is 63.6. The van der Waals surface area contributed by atoms with Crippen molar-refractivity contribution in [3.05, 3.63) is 143 Å². The van der Waals surface area contributed by atoms with Gasteiger partial charge >= 0.3 is 0 Å². The monoisotopic (exact) mass is 1670 g/mol. The van der Waals surface area contributed by atoms with Crippen molar-refractivity contribution in [2.75, 3.05) is 52.5 Å². The van der Waals surface area contributed by atoms with E-state index in [0.29, 0.717) is 155 Å². The van der Waals surface area contributed by atoms with E-state index in [0.717, 1.165) is 138 Å². The van der Waals surface area contributed by atoms with Crippen molar-refractivity contribution in [1.82, 2.24) is 30.7 Å². The van der Waals surface area contributed by atoms with E-state index in [9.17, 15) is 62.0 Å². The Kier molecular flexibility index (Phi) is 33.1. The van der Waals surface area contributed by atoms with Crippen LogP contribution in [-0.4, -0.2) is 159 Å². The SMILES string of the molecule is C.C.C.C.Cl.Cl.N#C[C@@H]1CCCN1C(=O)CNC1C[C@@H]2CC(O)(c3ccc(F)cc3)C[C@@H]2C1.N#C[C@@H]1CCCN1C(=O)CNC1C[C@@H]2CC(O)(c3ccc(F)cc3)C[C@@H]2C1.N#C[C@@H]1CCCN1C(=O)CNC1C[C@@H]2CC(O)(c3ccc(F)cc3)C[C@@H]2C1.O=C1C[C@@H]2CC(O)(c3ccc(F)cc3)C[C@@H]2C1.O=C1C[C@@H]2CC3(C[C@@H]2C1)OCCO3. The summed E-state index contributed by atoms with van der Waals surface area (Å²) in [5, 5.41) is 81.2. The fourth-order valence-corrected chi connectivity index (χ4v) is 22.6. The fraction of sp³-hybridized carbons (Fsp3) is 0.648. The second-order valence-electron chi connectivity index (χ2n) is 35.1. The zero-order valence-corrected chi connectivity index (χ0v) is 65.8. The normalized spacial score (nSPS) is 34.3. The third-order valence-electron chi connectivity index (χ3n) is 27.9. The van der Waals surface area contributed by atoms with E-state index in [-0.39, 0.29) is 157 Å². The first-order valence-electron chi connectivity index (χ1n) is 40.8. The maximum atomic E-state index is 13.2. The summed E-state index contributed by atoms with van der Waals surface area (Å²) >= 11 is 0. The molecule has 10 aliphatic carbocycles. The molecule has 4 aromatic carbocycles. The highest BCUT2D eigenvalue weighted by molar-refractivity contribution is 5.86. The van der Waals surface area contributed by atoms with Crippen LogP contribution < -0.4 is 16.0 Å². The molecular formula is C91H125Cl2F4N9O11. The van der Waals surface area contributed by atoms with Gasteiger partial charge in [-0.3, -0.25) is 24.0 Å². The smallest absolute Gasteiger partial charge is 0.237 e.